The normalized spacial score (nSPS) is 32.2. The molecule has 0 aromatic heterocycles. The third-order valence-electron chi connectivity index (χ3n) is 5.28. The Labute approximate surface area is 138 Å². The second-order valence-corrected chi connectivity index (χ2v) is 6.71. The first-order chi connectivity index (χ1) is 10.1. The molecule has 7 heteroatoms. The average molecular weight is 331 g/mol. The Hall–Kier alpha value is -0.850. The molecule has 0 spiro atoms. The van der Waals surface area contributed by atoms with Gasteiger partial charge >= 0.3 is 0 Å². The van der Waals surface area contributed by atoms with Gasteiger partial charge in [0.15, 0.2) is 0 Å². The van der Waals surface area contributed by atoms with Crippen LogP contribution < -0.4 is 11.1 Å². The number of likely N-dealkylation sites (tertiary alicyclic amines) is 2. The fourth-order valence-corrected chi connectivity index (χ4v) is 3.99. The number of nitrogens with zero attached hydrogens (tertiary/aromatic N) is 2. The lowest BCUT2D eigenvalue weighted by Gasteiger charge is -2.37. The third kappa shape index (κ3) is 3.91. The van der Waals surface area contributed by atoms with Crippen molar-refractivity contribution in [2.24, 2.45) is 17.6 Å². The maximum atomic E-state index is 12.4. The molecule has 3 saturated heterocycles. The Balaban J connectivity index is 0.00000176. The van der Waals surface area contributed by atoms with Crippen molar-refractivity contribution in [3.8, 4) is 0 Å². The second kappa shape index (κ2) is 7.62. The highest BCUT2D eigenvalue weighted by atomic mass is 35.5. The molecule has 3 heterocycles. The molecule has 2 amide bonds. The van der Waals surface area contributed by atoms with Gasteiger partial charge in [-0.3, -0.25) is 14.5 Å². The summed E-state index contributed by atoms with van der Waals surface area (Å²) in [4.78, 5) is 27.9. The average Bonchev–Trinajstić information content (AvgIpc) is 2.95. The summed E-state index contributed by atoms with van der Waals surface area (Å²) in [6.45, 7) is 4.90. The van der Waals surface area contributed by atoms with Crippen LogP contribution in [-0.4, -0.2) is 66.9 Å². The van der Waals surface area contributed by atoms with Gasteiger partial charge in [-0.2, -0.15) is 0 Å². The molecule has 3 N–H and O–H groups in total. The number of primary amides is 1. The summed E-state index contributed by atoms with van der Waals surface area (Å²) in [6.07, 6.45) is 4.07. The number of amides is 2. The molecular weight excluding hydrogens is 304 g/mol. The lowest BCUT2D eigenvalue weighted by Crippen LogP contribution is -2.51. The fraction of sp³-hybridized carbons (Fsp3) is 0.867. The molecule has 3 unspecified atom stereocenters. The molecule has 0 saturated carbocycles. The lowest BCUT2D eigenvalue weighted by atomic mass is 9.93. The van der Waals surface area contributed by atoms with E-state index in [1.54, 1.807) is 0 Å². The molecule has 126 valence electrons. The van der Waals surface area contributed by atoms with E-state index in [1.165, 1.54) is 6.42 Å². The molecule has 0 bridgehead atoms. The smallest absolute Gasteiger partial charge is 0.236 e. The minimum Gasteiger partial charge on any atom is -0.369 e. The Morgan fingerprint density at radius 3 is 2.73 bits per heavy atom. The number of halogens is 1. The van der Waals surface area contributed by atoms with E-state index in [2.05, 4.69) is 10.2 Å². The van der Waals surface area contributed by atoms with Crippen LogP contribution in [0.5, 0.6) is 0 Å². The summed E-state index contributed by atoms with van der Waals surface area (Å²) < 4.78 is 0. The summed E-state index contributed by atoms with van der Waals surface area (Å²) in [6, 6.07) is 0.658. The van der Waals surface area contributed by atoms with Crippen molar-refractivity contribution in [1.29, 1.82) is 0 Å². The first kappa shape index (κ1) is 17.5. The summed E-state index contributed by atoms with van der Waals surface area (Å²) in [5.74, 6) is 0.425. The van der Waals surface area contributed by atoms with E-state index in [9.17, 15) is 9.59 Å². The van der Waals surface area contributed by atoms with Crippen molar-refractivity contribution in [3.63, 3.8) is 0 Å². The Morgan fingerprint density at radius 2 is 1.95 bits per heavy atom. The molecule has 3 atom stereocenters. The van der Waals surface area contributed by atoms with Crippen molar-refractivity contribution in [2.75, 3.05) is 39.3 Å². The molecule has 3 rings (SSSR count). The van der Waals surface area contributed by atoms with Gasteiger partial charge < -0.3 is 16.0 Å². The van der Waals surface area contributed by atoms with Gasteiger partial charge in [0, 0.05) is 32.2 Å². The zero-order valence-electron chi connectivity index (χ0n) is 13.0. The van der Waals surface area contributed by atoms with Crippen LogP contribution in [0.4, 0.5) is 0 Å². The van der Waals surface area contributed by atoms with Crippen molar-refractivity contribution in [1.82, 2.24) is 15.1 Å². The number of hydrogen-bond acceptors (Lipinski definition) is 4. The number of piperidine rings is 2. The quantitative estimate of drug-likeness (QED) is 0.752. The first-order valence-electron chi connectivity index (χ1n) is 8.16. The third-order valence-corrected chi connectivity index (χ3v) is 5.28. The van der Waals surface area contributed by atoms with Crippen LogP contribution in [0.2, 0.25) is 0 Å². The first-order valence-corrected chi connectivity index (χ1v) is 8.16. The van der Waals surface area contributed by atoms with Gasteiger partial charge in [-0.25, -0.2) is 0 Å². The number of rotatable bonds is 3. The minimum absolute atomic E-state index is 0. The largest absolute Gasteiger partial charge is 0.369 e. The van der Waals surface area contributed by atoms with E-state index in [1.807, 2.05) is 4.90 Å². The number of carbonyl (C=O) groups is 2. The SMILES string of the molecule is Cl.NC(=O)C1CCCN(C(=O)CN2CCC3NCCC3C2)C1. The Bertz CT molecular complexity index is 420. The number of fused-ring (bicyclic) bond motifs is 1. The predicted molar refractivity (Wildman–Crippen MR) is 86.7 cm³/mol. The molecule has 3 aliphatic heterocycles. The summed E-state index contributed by atoms with van der Waals surface area (Å²) in [5, 5.41) is 3.54. The minimum atomic E-state index is -0.273. The molecule has 0 aromatic carbocycles. The van der Waals surface area contributed by atoms with E-state index in [4.69, 9.17) is 5.73 Å². The molecule has 22 heavy (non-hydrogen) atoms. The zero-order chi connectivity index (χ0) is 14.8. The van der Waals surface area contributed by atoms with Gasteiger partial charge in [0.25, 0.3) is 0 Å². The van der Waals surface area contributed by atoms with Crippen LogP contribution >= 0.6 is 12.4 Å². The van der Waals surface area contributed by atoms with Crippen LogP contribution in [0, 0.1) is 11.8 Å². The molecule has 3 fully saturated rings. The van der Waals surface area contributed by atoms with Crippen LogP contribution in [0.25, 0.3) is 0 Å². The molecule has 0 aromatic rings. The molecule has 0 radical (unpaired) electrons. The Morgan fingerprint density at radius 1 is 1.14 bits per heavy atom. The van der Waals surface area contributed by atoms with E-state index in [-0.39, 0.29) is 30.1 Å². The fourth-order valence-electron chi connectivity index (χ4n) is 3.99. The lowest BCUT2D eigenvalue weighted by molar-refractivity contribution is -0.136. The molecule has 3 aliphatic rings. The van der Waals surface area contributed by atoms with Gasteiger partial charge in [0.1, 0.15) is 0 Å². The highest BCUT2D eigenvalue weighted by Crippen LogP contribution is 2.24. The molecule has 6 nitrogen and oxygen atoms in total. The molecular formula is C15H27ClN4O2. The number of nitrogens with two attached hydrogens (primary N) is 1. The van der Waals surface area contributed by atoms with Crippen molar-refractivity contribution in [2.45, 2.75) is 31.7 Å². The van der Waals surface area contributed by atoms with Crippen molar-refractivity contribution < 1.29 is 9.59 Å². The van der Waals surface area contributed by atoms with Gasteiger partial charge in [0.2, 0.25) is 11.8 Å². The maximum absolute atomic E-state index is 12.4. The highest BCUT2D eigenvalue weighted by molar-refractivity contribution is 5.85. The van der Waals surface area contributed by atoms with E-state index >= 15 is 0 Å². The van der Waals surface area contributed by atoms with Crippen molar-refractivity contribution >= 4 is 24.2 Å². The van der Waals surface area contributed by atoms with Gasteiger partial charge in [-0.1, -0.05) is 0 Å². The van der Waals surface area contributed by atoms with Gasteiger partial charge in [-0.05, 0) is 38.1 Å². The van der Waals surface area contributed by atoms with Gasteiger partial charge in [0.05, 0.1) is 12.5 Å². The highest BCUT2D eigenvalue weighted by Gasteiger charge is 2.34. The van der Waals surface area contributed by atoms with Gasteiger partial charge in [-0.15, -0.1) is 12.4 Å². The monoisotopic (exact) mass is 330 g/mol. The van der Waals surface area contributed by atoms with Crippen molar-refractivity contribution in [3.05, 3.63) is 0 Å². The van der Waals surface area contributed by atoms with Crippen LogP contribution in [0.3, 0.4) is 0 Å². The summed E-state index contributed by atoms with van der Waals surface area (Å²) in [5.41, 5.74) is 5.38. The predicted octanol–water partition coefficient (Wildman–Crippen LogP) is -0.184. The standard InChI is InChI=1S/C15H26N4O2.ClH/c16-15(21)12-2-1-6-19(9-12)14(20)10-18-7-4-13-11(8-18)3-5-17-13;/h11-13,17H,1-10H2,(H2,16,21);1H. The van der Waals surface area contributed by atoms with Crippen LogP contribution in [-0.2, 0) is 9.59 Å². The number of nitrogens with one attached hydrogen (secondary N) is 1. The topological polar surface area (TPSA) is 78.7 Å². The second-order valence-electron chi connectivity index (χ2n) is 6.71. The number of hydrogen-bond donors (Lipinski definition) is 2. The zero-order valence-corrected chi connectivity index (χ0v) is 13.8. The summed E-state index contributed by atoms with van der Waals surface area (Å²) in [7, 11) is 0. The van der Waals surface area contributed by atoms with E-state index in [0.29, 0.717) is 25.0 Å². The maximum Gasteiger partial charge on any atom is 0.236 e. The van der Waals surface area contributed by atoms with E-state index < -0.39 is 0 Å². The van der Waals surface area contributed by atoms with Crippen LogP contribution in [0.15, 0.2) is 0 Å². The summed E-state index contributed by atoms with van der Waals surface area (Å²) >= 11 is 0. The van der Waals surface area contributed by atoms with E-state index in [0.717, 1.165) is 45.4 Å². The van der Waals surface area contributed by atoms with Crippen LogP contribution in [0.1, 0.15) is 25.7 Å². The Kier molecular flexibility index (Phi) is 6.06. The number of carbonyl (C=O) groups excluding carboxylic acids is 2. The molecule has 0 aliphatic carbocycles.